The average molecular weight is 253 g/mol. The van der Waals surface area contributed by atoms with E-state index in [0.717, 1.165) is 24.5 Å². The van der Waals surface area contributed by atoms with E-state index in [0.29, 0.717) is 12.7 Å². The van der Waals surface area contributed by atoms with Crippen molar-refractivity contribution in [1.82, 2.24) is 0 Å². The molecule has 0 saturated carbocycles. The Morgan fingerprint density at radius 1 is 1.00 bits per heavy atom. The van der Waals surface area contributed by atoms with E-state index < -0.39 is 0 Å². The van der Waals surface area contributed by atoms with Crippen LogP contribution in [-0.4, -0.2) is 13.3 Å². The van der Waals surface area contributed by atoms with Crippen LogP contribution in [0, 0.1) is 0 Å². The number of hydrogen-bond acceptors (Lipinski definition) is 3. The summed E-state index contributed by atoms with van der Waals surface area (Å²) in [5.41, 5.74) is 3.92. The van der Waals surface area contributed by atoms with Crippen LogP contribution >= 0.6 is 0 Å². The number of ether oxygens (including phenoxy) is 2. The van der Waals surface area contributed by atoms with Gasteiger partial charge in [0.15, 0.2) is 11.5 Å². The maximum Gasteiger partial charge on any atom is 0.231 e. The van der Waals surface area contributed by atoms with Crippen LogP contribution in [0.15, 0.2) is 42.5 Å². The van der Waals surface area contributed by atoms with Gasteiger partial charge in [0.25, 0.3) is 0 Å². The summed E-state index contributed by atoms with van der Waals surface area (Å²) >= 11 is 0. The van der Waals surface area contributed by atoms with E-state index in [-0.39, 0.29) is 0 Å². The monoisotopic (exact) mass is 253 g/mol. The van der Waals surface area contributed by atoms with Crippen LogP contribution in [0.25, 0.3) is 0 Å². The summed E-state index contributed by atoms with van der Waals surface area (Å²) in [6.45, 7) is 1.34. The average Bonchev–Trinajstić information content (AvgIpc) is 2.94. The Labute approximate surface area is 112 Å². The normalized spacial score (nSPS) is 19.7. The Balaban J connectivity index is 1.77. The molecule has 0 aliphatic carbocycles. The Bertz CT molecular complexity index is 624. The number of anilines is 1. The van der Waals surface area contributed by atoms with Gasteiger partial charge in [-0.25, -0.2) is 0 Å². The summed E-state index contributed by atoms with van der Waals surface area (Å²) in [6, 6.07) is 14.8. The Morgan fingerprint density at radius 3 is 2.89 bits per heavy atom. The fraction of sp³-hybridized carbons (Fsp3) is 0.250. The molecule has 0 saturated heterocycles. The van der Waals surface area contributed by atoms with E-state index >= 15 is 0 Å². The second-order valence-electron chi connectivity index (χ2n) is 4.97. The molecule has 1 N–H and O–H groups in total. The van der Waals surface area contributed by atoms with E-state index in [1.807, 2.05) is 6.07 Å². The smallest absolute Gasteiger partial charge is 0.231 e. The summed E-state index contributed by atoms with van der Waals surface area (Å²) in [7, 11) is 0. The van der Waals surface area contributed by atoms with Crippen molar-refractivity contribution < 1.29 is 9.47 Å². The number of nitrogens with one attached hydrogen (secondary N) is 1. The Kier molecular flexibility index (Phi) is 2.37. The van der Waals surface area contributed by atoms with Gasteiger partial charge in [0.2, 0.25) is 6.79 Å². The van der Waals surface area contributed by atoms with Gasteiger partial charge in [-0.3, -0.25) is 0 Å². The highest BCUT2D eigenvalue weighted by molar-refractivity contribution is 5.58. The number of para-hydroxylation sites is 1. The third kappa shape index (κ3) is 1.73. The molecule has 1 atom stereocenters. The van der Waals surface area contributed by atoms with Crippen molar-refractivity contribution in [3.63, 3.8) is 0 Å². The minimum Gasteiger partial charge on any atom is -0.454 e. The van der Waals surface area contributed by atoms with Gasteiger partial charge in [-0.15, -0.1) is 0 Å². The van der Waals surface area contributed by atoms with Gasteiger partial charge in [0.1, 0.15) is 0 Å². The molecule has 0 bridgehead atoms. The molecule has 19 heavy (non-hydrogen) atoms. The lowest BCUT2D eigenvalue weighted by Gasteiger charge is -2.27. The third-order valence-corrected chi connectivity index (χ3v) is 3.88. The fourth-order valence-electron chi connectivity index (χ4n) is 2.94. The number of fused-ring (bicyclic) bond motifs is 2. The molecule has 2 aromatic rings. The number of hydrogen-bond donors (Lipinski definition) is 1. The van der Waals surface area contributed by atoms with Gasteiger partial charge in [-0.05, 0) is 35.7 Å². The van der Waals surface area contributed by atoms with Gasteiger partial charge in [-0.2, -0.15) is 0 Å². The topological polar surface area (TPSA) is 30.5 Å². The van der Waals surface area contributed by atoms with Gasteiger partial charge in [0, 0.05) is 18.2 Å². The van der Waals surface area contributed by atoms with E-state index in [2.05, 4.69) is 41.7 Å². The second kappa shape index (κ2) is 4.19. The minimum atomic E-state index is 0.335. The number of benzene rings is 2. The maximum atomic E-state index is 5.48. The minimum absolute atomic E-state index is 0.335. The van der Waals surface area contributed by atoms with Crippen molar-refractivity contribution in [3.05, 3.63) is 53.6 Å². The molecule has 1 unspecified atom stereocenters. The molecule has 4 rings (SSSR count). The van der Waals surface area contributed by atoms with Crippen molar-refractivity contribution in [2.24, 2.45) is 0 Å². The summed E-state index contributed by atoms with van der Waals surface area (Å²) in [6.07, 6.45) is 1.11. The molecule has 0 spiro atoms. The van der Waals surface area contributed by atoms with E-state index in [4.69, 9.17) is 9.47 Å². The van der Waals surface area contributed by atoms with Gasteiger partial charge in [0.05, 0.1) is 0 Å². The van der Waals surface area contributed by atoms with Crippen LogP contribution in [0.2, 0.25) is 0 Å². The van der Waals surface area contributed by atoms with Crippen LogP contribution in [-0.2, 0) is 0 Å². The lowest BCUT2D eigenvalue weighted by Crippen LogP contribution is -2.17. The molecule has 2 heterocycles. The second-order valence-corrected chi connectivity index (χ2v) is 4.97. The molecule has 0 fully saturated rings. The molecule has 2 aliphatic rings. The highest BCUT2D eigenvalue weighted by Crippen LogP contribution is 2.40. The highest BCUT2D eigenvalue weighted by Gasteiger charge is 2.23. The standard InChI is InChI=1S/C16H15NO2/c1-2-4-14-13(3-1)12(7-8-17-14)11-5-6-15-16(9-11)19-10-18-15/h1-6,9,12,17H,7-8,10H2. The zero-order chi connectivity index (χ0) is 12.7. The van der Waals surface area contributed by atoms with Crippen molar-refractivity contribution in [3.8, 4) is 11.5 Å². The summed E-state index contributed by atoms with van der Waals surface area (Å²) in [5, 5.41) is 3.46. The summed E-state index contributed by atoms with van der Waals surface area (Å²) in [5.74, 6) is 2.16. The number of rotatable bonds is 1. The van der Waals surface area contributed by atoms with Crippen molar-refractivity contribution in [2.45, 2.75) is 12.3 Å². The molecule has 2 aliphatic heterocycles. The Hall–Kier alpha value is -2.16. The first-order valence-corrected chi connectivity index (χ1v) is 6.64. The first-order valence-electron chi connectivity index (χ1n) is 6.64. The largest absolute Gasteiger partial charge is 0.454 e. The Morgan fingerprint density at radius 2 is 1.89 bits per heavy atom. The van der Waals surface area contributed by atoms with Gasteiger partial charge >= 0.3 is 0 Å². The predicted octanol–water partition coefficient (Wildman–Crippen LogP) is 3.36. The van der Waals surface area contributed by atoms with Crippen molar-refractivity contribution >= 4 is 5.69 Å². The van der Waals surface area contributed by atoms with Crippen LogP contribution < -0.4 is 14.8 Å². The molecule has 0 radical (unpaired) electrons. The fourth-order valence-corrected chi connectivity index (χ4v) is 2.94. The first-order chi connectivity index (χ1) is 9.42. The molecule has 0 aromatic heterocycles. The van der Waals surface area contributed by atoms with Gasteiger partial charge < -0.3 is 14.8 Å². The molecule has 3 nitrogen and oxygen atoms in total. The van der Waals surface area contributed by atoms with Crippen LogP contribution in [0.1, 0.15) is 23.5 Å². The highest BCUT2D eigenvalue weighted by atomic mass is 16.7. The van der Waals surface area contributed by atoms with Crippen LogP contribution in [0.5, 0.6) is 11.5 Å². The molecule has 96 valence electrons. The predicted molar refractivity (Wildman–Crippen MR) is 74.0 cm³/mol. The molecule has 0 amide bonds. The quantitative estimate of drug-likeness (QED) is 0.845. The zero-order valence-corrected chi connectivity index (χ0v) is 10.6. The molecule has 2 aromatic carbocycles. The van der Waals surface area contributed by atoms with Gasteiger partial charge in [-0.1, -0.05) is 24.3 Å². The first kappa shape index (κ1) is 10.7. The van der Waals surface area contributed by atoms with Crippen molar-refractivity contribution in [1.29, 1.82) is 0 Å². The SMILES string of the molecule is c1ccc2c(c1)NCCC2c1ccc2c(c1)OCO2. The van der Waals surface area contributed by atoms with E-state index in [1.54, 1.807) is 0 Å². The molecule has 3 heteroatoms. The third-order valence-electron chi connectivity index (χ3n) is 3.88. The molecular formula is C16H15NO2. The zero-order valence-electron chi connectivity index (χ0n) is 10.6. The lowest BCUT2D eigenvalue weighted by atomic mass is 9.85. The summed E-state index contributed by atoms with van der Waals surface area (Å²) < 4.78 is 10.9. The van der Waals surface area contributed by atoms with Crippen LogP contribution in [0.3, 0.4) is 0 Å². The maximum absolute atomic E-state index is 5.48. The lowest BCUT2D eigenvalue weighted by molar-refractivity contribution is 0.174. The summed E-state index contributed by atoms with van der Waals surface area (Å²) in [4.78, 5) is 0. The molecular weight excluding hydrogens is 238 g/mol. The van der Waals surface area contributed by atoms with E-state index in [1.165, 1.54) is 16.8 Å². The van der Waals surface area contributed by atoms with Crippen molar-refractivity contribution in [2.75, 3.05) is 18.7 Å². The van der Waals surface area contributed by atoms with E-state index in [9.17, 15) is 0 Å². The van der Waals surface area contributed by atoms with Crippen LogP contribution in [0.4, 0.5) is 5.69 Å².